The Morgan fingerprint density at radius 2 is 1.80 bits per heavy atom. The molecule has 30 heavy (non-hydrogen) atoms. The number of carbonyl (C=O) groups is 1. The van der Waals surface area contributed by atoms with Gasteiger partial charge in [0.2, 0.25) is 0 Å². The maximum absolute atomic E-state index is 12.5. The van der Waals surface area contributed by atoms with E-state index in [1.165, 1.54) is 10.9 Å². The third kappa shape index (κ3) is 3.14. The van der Waals surface area contributed by atoms with Crippen molar-refractivity contribution in [1.29, 1.82) is 0 Å². The van der Waals surface area contributed by atoms with Gasteiger partial charge in [0, 0.05) is 45.6 Å². The van der Waals surface area contributed by atoms with Crippen LogP contribution in [0.1, 0.15) is 6.92 Å². The van der Waals surface area contributed by atoms with Gasteiger partial charge in [-0.2, -0.15) is 0 Å². The first-order valence-corrected chi connectivity index (χ1v) is 10.0. The van der Waals surface area contributed by atoms with Crippen molar-refractivity contribution in [2.24, 2.45) is 0 Å². The number of benzene rings is 3. The average molecular weight is 395 g/mol. The molecule has 1 amide bonds. The Hall–Kier alpha value is -3.86. The summed E-state index contributed by atoms with van der Waals surface area (Å²) >= 11 is 0. The van der Waals surface area contributed by atoms with Crippen LogP contribution in [0.5, 0.6) is 5.75 Å². The highest BCUT2D eigenvalue weighted by atomic mass is 16.5. The minimum Gasteiger partial charge on any atom is -0.481 e. The lowest BCUT2D eigenvalue weighted by molar-refractivity contribution is -0.118. The lowest BCUT2D eigenvalue weighted by Crippen LogP contribution is -2.20. The zero-order valence-electron chi connectivity index (χ0n) is 16.6. The minimum atomic E-state index is -0.207. The number of aryl methyl sites for hydroxylation is 1. The molecule has 0 aliphatic rings. The summed E-state index contributed by atoms with van der Waals surface area (Å²) in [6.07, 6.45) is 1.72. The summed E-state index contributed by atoms with van der Waals surface area (Å²) in [6.45, 7) is 2.95. The average Bonchev–Trinajstić information content (AvgIpc) is 3.10. The predicted octanol–water partition coefficient (Wildman–Crippen LogP) is 5.38. The number of aromatic nitrogens is 2. The smallest absolute Gasteiger partial charge is 0.262 e. The lowest BCUT2D eigenvalue weighted by Gasteiger charge is -2.10. The summed E-state index contributed by atoms with van der Waals surface area (Å²) < 4.78 is 8.04. The van der Waals surface area contributed by atoms with Crippen LogP contribution in [0.2, 0.25) is 0 Å². The molecule has 5 heteroatoms. The zero-order valence-corrected chi connectivity index (χ0v) is 16.6. The molecule has 0 aliphatic heterocycles. The van der Waals surface area contributed by atoms with Crippen LogP contribution < -0.4 is 10.1 Å². The van der Waals surface area contributed by atoms with E-state index >= 15 is 0 Å². The Morgan fingerprint density at radius 3 is 2.70 bits per heavy atom. The number of para-hydroxylation sites is 2. The SMILES string of the molecule is CCn1c2ccccc2c2cc(NC(=O)COc3cccc4cccnc34)ccc21. The first-order valence-electron chi connectivity index (χ1n) is 10.0. The van der Waals surface area contributed by atoms with Crippen molar-refractivity contribution in [3.8, 4) is 5.75 Å². The van der Waals surface area contributed by atoms with E-state index in [0.29, 0.717) is 5.75 Å². The highest BCUT2D eigenvalue weighted by Gasteiger charge is 2.11. The van der Waals surface area contributed by atoms with E-state index < -0.39 is 0 Å². The number of carbonyl (C=O) groups excluding carboxylic acids is 1. The Balaban J connectivity index is 1.37. The fourth-order valence-corrected chi connectivity index (χ4v) is 4.01. The van der Waals surface area contributed by atoms with Crippen LogP contribution in [0.25, 0.3) is 32.7 Å². The zero-order chi connectivity index (χ0) is 20.5. The molecule has 5 nitrogen and oxygen atoms in total. The van der Waals surface area contributed by atoms with Gasteiger partial charge in [0.15, 0.2) is 6.61 Å². The molecule has 5 aromatic rings. The molecule has 148 valence electrons. The third-order valence-corrected chi connectivity index (χ3v) is 5.33. The van der Waals surface area contributed by atoms with E-state index in [4.69, 9.17) is 4.74 Å². The predicted molar refractivity (Wildman–Crippen MR) is 121 cm³/mol. The minimum absolute atomic E-state index is 0.0789. The molecule has 0 atom stereocenters. The van der Waals surface area contributed by atoms with Gasteiger partial charge in [-0.25, -0.2) is 0 Å². The molecule has 1 N–H and O–H groups in total. The van der Waals surface area contributed by atoms with E-state index in [0.717, 1.165) is 34.0 Å². The Kier molecular flexibility index (Phi) is 4.56. The van der Waals surface area contributed by atoms with Crippen LogP contribution in [0.4, 0.5) is 5.69 Å². The number of anilines is 1. The van der Waals surface area contributed by atoms with Crippen molar-refractivity contribution < 1.29 is 9.53 Å². The number of fused-ring (bicyclic) bond motifs is 4. The lowest BCUT2D eigenvalue weighted by atomic mass is 10.1. The highest BCUT2D eigenvalue weighted by molar-refractivity contribution is 6.09. The first kappa shape index (κ1) is 18.2. The van der Waals surface area contributed by atoms with Gasteiger partial charge in [0.25, 0.3) is 5.91 Å². The molecule has 2 heterocycles. The number of hydrogen-bond donors (Lipinski definition) is 1. The van der Waals surface area contributed by atoms with Gasteiger partial charge >= 0.3 is 0 Å². The van der Waals surface area contributed by atoms with Gasteiger partial charge in [-0.3, -0.25) is 9.78 Å². The maximum Gasteiger partial charge on any atom is 0.262 e. The first-order chi connectivity index (χ1) is 14.7. The number of hydrogen-bond acceptors (Lipinski definition) is 3. The van der Waals surface area contributed by atoms with Gasteiger partial charge in [0.05, 0.1) is 0 Å². The fraction of sp³-hybridized carbons (Fsp3) is 0.120. The van der Waals surface area contributed by atoms with Gasteiger partial charge in [-0.1, -0.05) is 36.4 Å². The fourth-order valence-electron chi connectivity index (χ4n) is 4.01. The summed E-state index contributed by atoms with van der Waals surface area (Å²) in [5, 5.41) is 6.24. The van der Waals surface area contributed by atoms with Crippen LogP contribution in [0, 0.1) is 0 Å². The number of nitrogens with zero attached hydrogens (tertiary/aromatic N) is 2. The number of nitrogens with one attached hydrogen (secondary N) is 1. The summed E-state index contributed by atoms with van der Waals surface area (Å²) in [5.74, 6) is 0.395. The molecule has 0 unspecified atom stereocenters. The molecule has 0 saturated carbocycles. The molecule has 0 fully saturated rings. The monoisotopic (exact) mass is 395 g/mol. The van der Waals surface area contributed by atoms with Crippen molar-refractivity contribution in [3.05, 3.63) is 79.0 Å². The van der Waals surface area contributed by atoms with Crippen molar-refractivity contribution >= 4 is 44.3 Å². The molecule has 0 radical (unpaired) electrons. The number of rotatable bonds is 5. The van der Waals surface area contributed by atoms with Crippen molar-refractivity contribution in [1.82, 2.24) is 9.55 Å². The molecule has 0 bridgehead atoms. The van der Waals surface area contributed by atoms with Crippen LogP contribution >= 0.6 is 0 Å². The Morgan fingerprint density at radius 1 is 0.967 bits per heavy atom. The highest BCUT2D eigenvalue weighted by Crippen LogP contribution is 2.31. The van der Waals surface area contributed by atoms with Crippen molar-refractivity contribution in [3.63, 3.8) is 0 Å². The molecule has 2 aromatic heterocycles. The largest absolute Gasteiger partial charge is 0.481 e. The number of amides is 1. The molecular formula is C25H21N3O2. The standard InChI is InChI=1S/C25H21N3O2/c1-2-28-21-10-4-3-9-19(21)20-15-18(12-13-22(20)28)27-24(29)16-30-23-11-5-7-17-8-6-14-26-25(17)23/h3-15H,2,16H2,1H3,(H,27,29). The van der Waals surface area contributed by atoms with Crippen LogP contribution in [-0.4, -0.2) is 22.1 Å². The van der Waals surface area contributed by atoms with Crippen LogP contribution in [0.15, 0.2) is 79.0 Å². The normalized spacial score (nSPS) is 11.2. The topological polar surface area (TPSA) is 56.2 Å². The second-order valence-corrected chi connectivity index (χ2v) is 7.16. The molecular weight excluding hydrogens is 374 g/mol. The van der Waals surface area contributed by atoms with Gasteiger partial charge in [-0.15, -0.1) is 0 Å². The van der Waals surface area contributed by atoms with E-state index in [1.54, 1.807) is 6.20 Å². The molecule has 0 spiro atoms. The van der Waals surface area contributed by atoms with Crippen LogP contribution in [0.3, 0.4) is 0 Å². The summed E-state index contributed by atoms with van der Waals surface area (Å²) in [6, 6.07) is 23.9. The molecule has 5 rings (SSSR count). The summed E-state index contributed by atoms with van der Waals surface area (Å²) in [7, 11) is 0. The quantitative estimate of drug-likeness (QED) is 0.435. The maximum atomic E-state index is 12.5. The number of pyridine rings is 1. The van der Waals surface area contributed by atoms with Crippen molar-refractivity contribution in [2.45, 2.75) is 13.5 Å². The summed E-state index contributed by atoms with van der Waals surface area (Å²) in [4.78, 5) is 16.9. The molecule has 0 saturated heterocycles. The van der Waals surface area contributed by atoms with Gasteiger partial charge in [0.1, 0.15) is 11.3 Å². The van der Waals surface area contributed by atoms with E-state index in [-0.39, 0.29) is 12.5 Å². The van der Waals surface area contributed by atoms with E-state index in [9.17, 15) is 4.79 Å². The van der Waals surface area contributed by atoms with Gasteiger partial charge in [-0.05, 0) is 43.3 Å². The van der Waals surface area contributed by atoms with Crippen molar-refractivity contribution in [2.75, 3.05) is 11.9 Å². The second kappa shape index (κ2) is 7.52. The Bertz CT molecular complexity index is 1380. The van der Waals surface area contributed by atoms with Gasteiger partial charge < -0.3 is 14.6 Å². The molecule has 0 aliphatic carbocycles. The number of ether oxygens (including phenoxy) is 1. The second-order valence-electron chi connectivity index (χ2n) is 7.16. The third-order valence-electron chi connectivity index (χ3n) is 5.33. The Labute approximate surface area is 173 Å². The van der Waals surface area contributed by atoms with E-state index in [2.05, 4.69) is 46.1 Å². The van der Waals surface area contributed by atoms with E-state index in [1.807, 2.05) is 48.5 Å². The summed E-state index contributed by atoms with van der Waals surface area (Å²) in [5.41, 5.74) is 3.87. The molecule has 3 aromatic carbocycles. The van der Waals surface area contributed by atoms with Crippen LogP contribution in [-0.2, 0) is 11.3 Å².